The van der Waals surface area contributed by atoms with Crippen LogP contribution in [0.25, 0.3) is 0 Å². The van der Waals surface area contributed by atoms with Crippen molar-refractivity contribution < 1.29 is 14.7 Å². The molecule has 0 aliphatic carbocycles. The van der Waals surface area contributed by atoms with Gasteiger partial charge in [-0.3, -0.25) is 9.59 Å². The first-order chi connectivity index (χ1) is 20.2. The van der Waals surface area contributed by atoms with Crippen molar-refractivity contribution >= 4 is 17.5 Å². The van der Waals surface area contributed by atoms with Crippen LogP contribution in [0.5, 0.6) is 0 Å². The molecule has 2 unspecified atom stereocenters. The van der Waals surface area contributed by atoms with Crippen LogP contribution >= 0.6 is 0 Å². The van der Waals surface area contributed by atoms with Crippen molar-refractivity contribution in [3.05, 3.63) is 52.6 Å². The van der Waals surface area contributed by atoms with Gasteiger partial charge in [-0.1, -0.05) is 79.6 Å². The van der Waals surface area contributed by atoms with E-state index in [9.17, 15) is 14.7 Å². The molecule has 1 aliphatic heterocycles. The largest absolute Gasteiger partial charge is 0.493 e. The summed E-state index contributed by atoms with van der Waals surface area (Å²) in [5, 5.41) is 19.6. The Morgan fingerprint density at radius 1 is 0.905 bits per heavy atom. The van der Waals surface area contributed by atoms with E-state index in [1.807, 2.05) is 12.1 Å². The van der Waals surface area contributed by atoms with Crippen LogP contribution in [-0.4, -0.2) is 52.9 Å². The summed E-state index contributed by atoms with van der Waals surface area (Å²) in [6.45, 7) is 15.1. The number of nitrogens with zero attached hydrogens (tertiary/aromatic N) is 4. The minimum atomic E-state index is -0.526. The van der Waals surface area contributed by atoms with Crippen LogP contribution in [0.1, 0.15) is 116 Å². The lowest BCUT2D eigenvalue weighted by molar-refractivity contribution is -0.114. The van der Waals surface area contributed by atoms with E-state index in [1.165, 1.54) is 25.7 Å². The molecular weight excluding hydrogens is 526 g/mol. The average molecular weight is 582 g/mol. The van der Waals surface area contributed by atoms with Crippen molar-refractivity contribution in [1.29, 1.82) is 0 Å². The van der Waals surface area contributed by atoms with E-state index in [0.29, 0.717) is 40.8 Å². The summed E-state index contributed by atoms with van der Waals surface area (Å²) in [6, 6.07) is 7.18. The second kappa shape index (κ2) is 18.4. The van der Waals surface area contributed by atoms with Crippen LogP contribution in [0.15, 0.2) is 57.2 Å². The highest BCUT2D eigenvalue weighted by Gasteiger charge is 2.27. The van der Waals surface area contributed by atoms with Gasteiger partial charge in [0, 0.05) is 30.8 Å². The van der Waals surface area contributed by atoms with Gasteiger partial charge < -0.3 is 20.6 Å². The smallest absolute Gasteiger partial charge is 0.253 e. The predicted molar refractivity (Wildman–Crippen MR) is 172 cm³/mol. The van der Waals surface area contributed by atoms with Crippen LogP contribution in [0.4, 0.5) is 5.69 Å². The lowest BCUT2D eigenvalue weighted by Gasteiger charge is -2.31. The first kappa shape index (κ1) is 35.0. The quantitative estimate of drug-likeness (QED) is 0.160. The number of rotatable bonds is 19. The van der Waals surface area contributed by atoms with Crippen LogP contribution in [0.2, 0.25) is 0 Å². The molecule has 2 amide bonds. The molecule has 0 aromatic heterocycles. The van der Waals surface area contributed by atoms with E-state index in [4.69, 9.17) is 5.73 Å². The number of hydrogen-bond donors (Lipinski definition) is 2. The highest BCUT2D eigenvalue weighted by molar-refractivity contribution is 5.95. The molecule has 8 heteroatoms. The molecule has 0 bridgehead atoms. The average Bonchev–Trinajstić information content (AvgIpc) is 2.99. The minimum Gasteiger partial charge on any atom is -0.493 e. The van der Waals surface area contributed by atoms with Crippen molar-refractivity contribution in [2.24, 2.45) is 27.8 Å². The van der Waals surface area contributed by atoms with E-state index in [-0.39, 0.29) is 24.0 Å². The van der Waals surface area contributed by atoms with Crippen molar-refractivity contribution in [2.45, 2.75) is 106 Å². The number of azo groups is 1. The molecule has 0 radical (unpaired) electrons. The number of amides is 2. The minimum absolute atomic E-state index is 0.000701. The standard InChI is InChI=1S/C34H55N5O3/c1-7-12-15-26(10-4)22-39(23-27(11-5)16-13-8-2)33(41)28-17-19-29(20-18-28)36-37-31-25(6)30(32(35)40)24-38(34(31)42)21-14-9-3/h17-20,26-27,42H,7-16,21-24H2,1-6H3,(H2,35,40)/b37-36+. The van der Waals surface area contributed by atoms with Crippen LogP contribution < -0.4 is 5.73 Å². The number of carbonyl (C=O) groups is 2. The van der Waals surface area contributed by atoms with Crippen molar-refractivity contribution in [3.63, 3.8) is 0 Å². The van der Waals surface area contributed by atoms with Gasteiger partial charge in [-0.05, 0) is 67.9 Å². The van der Waals surface area contributed by atoms with Crippen LogP contribution in [-0.2, 0) is 4.79 Å². The van der Waals surface area contributed by atoms with Gasteiger partial charge in [-0.2, -0.15) is 5.11 Å². The monoisotopic (exact) mass is 581 g/mol. The number of benzene rings is 1. The molecule has 1 aromatic rings. The number of primary amides is 1. The Morgan fingerprint density at radius 3 is 1.93 bits per heavy atom. The number of aliphatic hydroxyl groups excluding tert-OH is 1. The topological polar surface area (TPSA) is 112 Å². The molecule has 42 heavy (non-hydrogen) atoms. The number of nitrogens with two attached hydrogens (primary N) is 1. The summed E-state index contributed by atoms with van der Waals surface area (Å²) in [7, 11) is 0. The summed E-state index contributed by atoms with van der Waals surface area (Å²) >= 11 is 0. The molecule has 0 saturated heterocycles. The number of aliphatic hydroxyl groups is 1. The Morgan fingerprint density at radius 2 is 1.45 bits per heavy atom. The zero-order chi connectivity index (χ0) is 31.1. The Bertz CT molecular complexity index is 1070. The lowest BCUT2D eigenvalue weighted by atomic mass is 9.95. The molecule has 2 atom stereocenters. The first-order valence-corrected chi connectivity index (χ1v) is 16.2. The van der Waals surface area contributed by atoms with Gasteiger partial charge in [0.1, 0.15) is 5.70 Å². The fraction of sp³-hybridized carbons (Fsp3) is 0.647. The van der Waals surface area contributed by atoms with E-state index in [1.54, 1.807) is 24.0 Å². The van der Waals surface area contributed by atoms with Crippen molar-refractivity contribution in [2.75, 3.05) is 26.2 Å². The molecular formula is C34H55N5O3. The third-order valence-corrected chi connectivity index (χ3v) is 8.46. The molecule has 1 heterocycles. The molecule has 0 fully saturated rings. The Kier molecular flexibility index (Phi) is 15.3. The molecule has 0 saturated carbocycles. The van der Waals surface area contributed by atoms with Crippen molar-refractivity contribution in [1.82, 2.24) is 9.80 Å². The molecule has 1 aromatic carbocycles. The second-order valence-corrected chi connectivity index (χ2v) is 11.7. The number of hydrogen-bond acceptors (Lipinski definition) is 6. The third kappa shape index (κ3) is 10.3. The van der Waals surface area contributed by atoms with E-state index < -0.39 is 5.91 Å². The summed E-state index contributed by atoms with van der Waals surface area (Å²) in [4.78, 5) is 29.7. The fourth-order valence-electron chi connectivity index (χ4n) is 5.42. The molecule has 234 valence electrons. The first-order valence-electron chi connectivity index (χ1n) is 16.2. The zero-order valence-corrected chi connectivity index (χ0v) is 27.0. The lowest BCUT2D eigenvalue weighted by Crippen LogP contribution is -2.39. The highest BCUT2D eigenvalue weighted by atomic mass is 16.3. The van der Waals surface area contributed by atoms with E-state index >= 15 is 0 Å². The normalized spacial score (nSPS) is 15.4. The predicted octanol–water partition coefficient (Wildman–Crippen LogP) is 8.29. The van der Waals surface area contributed by atoms with Gasteiger partial charge in [0.25, 0.3) is 5.91 Å². The van der Waals surface area contributed by atoms with Gasteiger partial charge in [0.05, 0.1) is 12.2 Å². The van der Waals surface area contributed by atoms with Gasteiger partial charge in [-0.15, -0.1) is 5.11 Å². The number of allylic oxidation sites excluding steroid dienone is 1. The van der Waals surface area contributed by atoms with E-state index in [2.05, 4.69) is 49.7 Å². The number of carbonyl (C=O) groups excluding carboxylic acids is 2. The Balaban J connectivity index is 2.29. The van der Waals surface area contributed by atoms with Crippen LogP contribution in [0, 0.1) is 11.8 Å². The maximum absolute atomic E-state index is 13.8. The summed E-state index contributed by atoms with van der Waals surface area (Å²) in [5.74, 6) is 0.537. The van der Waals surface area contributed by atoms with Gasteiger partial charge >= 0.3 is 0 Å². The molecule has 8 nitrogen and oxygen atoms in total. The second-order valence-electron chi connectivity index (χ2n) is 11.7. The maximum atomic E-state index is 13.8. The maximum Gasteiger partial charge on any atom is 0.253 e. The Labute approximate surface area is 254 Å². The van der Waals surface area contributed by atoms with Gasteiger partial charge in [0.2, 0.25) is 11.8 Å². The number of unbranched alkanes of at least 4 members (excludes halogenated alkanes) is 3. The third-order valence-electron chi connectivity index (χ3n) is 8.46. The summed E-state index contributed by atoms with van der Waals surface area (Å²) in [5.41, 5.74) is 8.02. The fourth-order valence-corrected chi connectivity index (χ4v) is 5.42. The molecule has 1 aliphatic rings. The van der Waals surface area contributed by atoms with E-state index in [0.717, 1.165) is 51.6 Å². The van der Waals surface area contributed by atoms with Crippen LogP contribution in [0.3, 0.4) is 0 Å². The Hall–Kier alpha value is -3.16. The summed E-state index contributed by atoms with van der Waals surface area (Å²) in [6.07, 6.45) is 10.9. The molecule has 2 rings (SSSR count). The highest BCUT2D eigenvalue weighted by Crippen LogP contribution is 2.29. The van der Waals surface area contributed by atoms with Crippen molar-refractivity contribution in [3.8, 4) is 0 Å². The molecule has 3 N–H and O–H groups in total. The SMILES string of the molecule is CCCCC(CC)CN(CC(CC)CCCC)C(=O)c1ccc(/N=N/C2=C(O)N(CCCC)CC(C(N)=O)=C2C)cc1. The van der Waals surface area contributed by atoms with Gasteiger partial charge in [-0.25, -0.2) is 0 Å². The molecule has 0 spiro atoms. The van der Waals surface area contributed by atoms with Gasteiger partial charge in [0.15, 0.2) is 0 Å². The zero-order valence-electron chi connectivity index (χ0n) is 27.0. The summed E-state index contributed by atoms with van der Waals surface area (Å²) < 4.78 is 0.